The van der Waals surface area contributed by atoms with Crippen LogP contribution in [-0.2, 0) is 9.53 Å². The monoisotopic (exact) mass is 261 g/mol. The van der Waals surface area contributed by atoms with Crippen LogP contribution in [-0.4, -0.2) is 25.2 Å². The summed E-state index contributed by atoms with van der Waals surface area (Å²) in [5, 5.41) is 3.21. The minimum Gasteiger partial charge on any atom is -0.465 e. The Bertz CT molecular complexity index is 385. The molecule has 3 heteroatoms. The number of hydrogen-bond donors (Lipinski definition) is 1. The van der Waals surface area contributed by atoms with E-state index in [1.165, 1.54) is 5.56 Å². The second kappa shape index (κ2) is 7.29. The highest BCUT2D eigenvalue weighted by Crippen LogP contribution is 2.18. The molecule has 1 fully saturated rings. The minimum atomic E-state index is -0.0834. The fourth-order valence-electron chi connectivity index (χ4n) is 2.44. The Balaban J connectivity index is 1.69. The lowest BCUT2D eigenvalue weighted by atomic mass is 9.98. The normalized spacial score (nSPS) is 20.8. The third-order valence-electron chi connectivity index (χ3n) is 3.76. The maximum atomic E-state index is 11.8. The first-order valence-electron chi connectivity index (χ1n) is 7.22. The van der Waals surface area contributed by atoms with E-state index in [1.54, 1.807) is 0 Å². The quantitative estimate of drug-likeness (QED) is 0.828. The van der Waals surface area contributed by atoms with Gasteiger partial charge in [-0.05, 0) is 37.3 Å². The molecular formula is C16H23NO2. The van der Waals surface area contributed by atoms with E-state index in [0.29, 0.717) is 12.5 Å². The SMILES string of the molecule is C[C@@H](CCOC(=O)C1CCCCN1)c1ccccc1. The summed E-state index contributed by atoms with van der Waals surface area (Å²) in [5.41, 5.74) is 1.30. The first-order chi connectivity index (χ1) is 9.27. The number of esters is 1. The van der Waals surface area contributed by atoms with Crippen molar-refractivity contribution < 1.29 is 9.53 Å². The van der Waals surface area contributed by atoms with E-state index in [4.69, 9.17) is 4.74 Å². The molecule has 19 heavy (non-hydrogen) atoms. The van der Waals surface area contributed by atoms with Crippen molar-refractivity contribution in [3.05, 3.63) is 35.9 Å². The van der Waals surface area contributed by atoms with Crippen LogP contribution in [0, 0.1) is 0 Å². The molecule has 1 aromatic rings. The highest BCUT2D eigenvalue weighted by Gasteiger charge is 2.21. The van der Waals surface area contributed by atoms with Crippen LogP contribution in [0.2, 0.25) is 0 Å². The lowest BCUT2D eigenvalue weighted by Gasteiger charge is -2.22. The van der Waals surface area contributed by atoms with E-state index in [-0.39, 0.29) is 12.0 Å². The molecule has 1 aliphatic heterocycles. The zero-order valence-electron chi connectivity index (χ0n) is 11.6. The second-order valence-electron chi connectivity index (χ2n) is 5.27. The smallest absolute Gasteiger partial charge is 0.323 e. The van der Waals surface area contributed by atoms with E-state index >= 15 is 0 Å². The van der Waals surface area contributed by atoms with Crippen molar-refractivity contribution in [3.63, 3.8) is 0 Å². The number of nitrogens with one attached hydrogen (secondary N) is 1. The minimum absolute atomic E-state index is 0.0826. The Kier molecular flexibility index (Phi) is 5.40. The highest BCUT2D eigenvalue weighted by molar-refractivity contribution is 5.75. The summed E-state index contributed by atoms with van der Waals surface area (Å²) < 4.78 is 5.37. The van der Waals surface area contributed by atoms with Crippen LogP contribution in [0.25, 0.3) is 0 Å². The molecule has 1 heterocycles. The van der Waals surface area contributed by atoms with Crippen LogP contribution >= 0.6 is 0 Å². The van der Waals surface area contributed by atoms with Crippen molar-refractivity contribution in [2.24, 2.45) is 0 Å². The summed E-state index contributed by atoms with van der Waals surface area (Å²) in [6.07, 6.45) is 4.07. The predicted molar refractivity (Wildman–Crippen MR) is 76.1 cm³/mol. The molecule has 0 saturated carbocycles. The van der Waals surface area contributed by atoms with Gasteiger partial charge in [-0.2, -0.15) is 0 Å². The Morgan fingerprint density at radius 3 is 2.84 bits per heavy atom. The van der Waals surface area contributed by atoms with Crippen LogP contribution in [0.4, 0.5) is 0 Å². The van der Waals surface area contributed by atoms with Crippen LogP contribution in [0.5, 0.6) is 0 Å². The molecule has 2 rings (SSSR count). The standard InChI is InChI=1S/C16H23NO2/c1-13(14-7-3-2-4-8-14)10-12-19-16(18)15-9-5-6-11-17-15/h2-4,7-8,13,15,17H,5-6,9-12H2,1H3/t13-,15?/m0/s1. The van der Waals surface area contributed by atoms with Gasteiger partial charge >= 0.3 is 5.97 Å². The maximum Gasteiger partial charge on any atom is 0.323 e. The molecular weight excluding hydrogens is 238 g/mol. The molecule has 0 amide bonds. The van der Waals surface area contributed by atoms with Gasteiger partial charge in [-0.15, -0.1) is 0 Å². The molecule has 0 radical (unpaired) electrons. The van der Waals surface area contributed by atoms with Crippen molar-refractivity contribution in [1.82, 2.24) is 5.32 Å². The number of piperidine rings is 1. The van der Waals surface area contributed by atoms with E-state index < -0.39 is 0 Å². The Morgan fingerprint density at radius 2 is 2.16 bits per heavy atom. The lowest BCUT2D eigenvalue weighted by molar-refractivity contribution is -0.147. The van der Waals surface area contributed by atoms with Crippen molar-refractivity contribution in [1.29, 1.82) is 0 Å². The lowest BCUT2D eigenvalue weighted by Crippen LogP contribution is -2.41. The van der Waals surface area contributed by atoms with Gasteiger partial charge in [0.2, 0.25) is 0 Å². The molecule has 0 spiro atoms. The number of hydrogen-bond acceptors (Lipinski definition) is 3. The van der Waals surface area contributed by atoms with Crippen molar-refractivity contribution in [3.8, 4) is 0 Å². The number of carbonyl (C=O) groups excluding carboxylic acids is 1. The molecule has 1 saturated heterocycles. The summed E-state index contributed by atoms with van der Waals surface area (Å²) in [7, 11) is 0. The van der Waals surface area contributed by atoms with Crippen LogP contribution in [0.15, 0.2) is 30.3 Å². The molecule has 1 aliphatic rings. The molecule has 1 aromatic carbocycles. The zero-order chi connectivity index (χ0) is 13.5. The second-order valence-corrected chi connectivity index (χ2v) is 5.27. The Hall–Kier alpha value is -1.35. The van der Waals surface area contributed by atoms with Crippen molar-refractivity contribution in [2.45, 2.75) is 44.6 Å². The maximum absolute atomic E-state index is 11.8. The van der Waals surface area contributed by atoms with Crippen LogP contribution < -0.4 is 5.32 Å². The number of carbonyl (C=O) groups is 1. The largest absolute Gasteiger partial charge is 0.465 e. The summed E-state index contributed by atoms with van der Waals surface area (Å²) >= 11 is 0. The van der Waals surface area contributed by atoms with Gasteiger partial charge in [-0.1, -0.05) is 43.7 Å². The summed E-state index contributed by atoms with van der Waals surface area (Å²) in [5.74, 6) is 0.341. The van der Waals surface area contributed by atoms with E-state index in [2.05, 4.69) is 24.4 Å². The highest BCUT2D eigenvalue weighted by atomic mass is 16.5. The van der Waals surface area contributed by atoms with E-state index in [9.17, 15) is 4.79 Å². The molecule has 0 bridgehead atoms. The summed E-state index contributed by atoms with van der Waals surface area (Å²) in [6.45, 7) is 3.61. The van der Waals surface area contributed by atoms with Gasteiger partial charge in [0.1, 0.15) is 6.04 Å². The third-order valence-corrected chi connectivity index (χ3v) is 3.76. The third kappa shape index (κ3) is 4.35. The van der Waals surface area contributed by atoms with Crippen LogP contribution in [0.3, 0.4) is 0 Å². The molecule has 104 valence electrons. The van der Waals surface area contributed by atoms with Crippen molar-refractivity contribution in [2.75, 3.05) is 13.2 Å². The van der Waals surface area contributed by atoms with Crippen LogP contribution in [0.1, 0.15) is 44.1 Å². The molecule has 0 aromatic heterocycles. The predicted octanol–water partition coefficient (Wildman–Crippen LogP) is 2.87. The van der Waals surface area contributed by atoms with Gasteiger partial charge in [0.15, 0.2) is 0 Å². The molecule has 3 nitrogen and oxygen atoms in total. The molecule has 2 atom stereocenters. The topological polar surface area (TPSA) is 38.3 Å². The fourth-order valence-corrected chi connectivity index (χ4v) is 2.44. The average molecular weight is 261 g/mol. The number of benzene rings is 1. The molecule has 0 aliphatic carbocycles. The fraction of sp³-hybridized carbons (Fsp3) is 0.562. The first kappa shape index (κ1) is 14.1. The van der Waals surface area contributed by atoms with Gasteiger partial charge in [0.05, 0.1) is 6.61 Å². The van der Waals surface area contributed by atoms with E-state index in [1.807, 2.05) is 18.2 Å². The summed E-state index contributed by atoms with van der Waals surface area (Å²) in [6, 6.07) is 10.3. The Morgan fingerprint density at radius 1 is 1.37 bits per heavy atom. The van der Waals surface area contributed by atoms with Gasteiger partial charge < -0.3 is 10.1 Å². The number of ether oxygens (including phenoxy) is 1. The average Bonchev–Trinajstić information content (AvgIpc) is 2.49. The molecule has 1 N–H and O–H groups in total. The number of rotatable bonds is 5. The molecule has 1 unspecified atom stereocenters. The Labute approximate surface area is 115 Å². The van der Waals surface area contributed by atoms with Gasteiger partial charge in [-0.3, -0.25) is 4.79 Å². The van der Waals surface area contributed by atoms with Gasteiger partial charge in [-0.25, -0.2) is 0 Å². The zero-order valence-corrected chi connectivity index (χ0v) is 11.6. The summed E-state index contributed by atoms with van der Waals surface area (Å²) in [4.78, 5) is 11.8. The van der Waals surface area contributed by atoms with Gasteiger partial charge in [0.25, 0.3) is 0 Å². The first-order valence-corrected chi connectivity index (χ1v) is 7.22. The van der Waals surface area contributed by atoms with Crippen molar-refractivity contribution >= 4 is 5.97 Å². The van der Waals surface area contributed by atoms with Gasteiger partial charge in [0, 0.05) is 0 Å². The van der Waals surface area contributed by atoms with E-state index in [0.717, 1.165) is 32.2 Å².